The van der Waals surface area contributed by atoms with Gasteiger partial charge in [-0.05, 0) is 48.4 Å². The van der Waals surface area contributed by atoms with Gasteiger partial charge in [0.25, 0.3) is 0 Å². The van der Waals surface area contributed by atoms with Crippen LogP contribution in [0.5, 0.6) is 17.2 Å². The first-order valence-electron chi connectivity index (χ1n) is 14.2. The van der Waals surface area contributed by atoms with E-state index in [0.717, 1.165) is 30.0 Å². The van der Waals surface area contributed by atoms with Crippen LogP contribution in [0.1, 0.15) is 63.9 Å². The zero-order valence-corrected chi connectivity index (χ0v) is 23.0. The van der Waals surface area contributed by atoms with Crippen molar-refractivity contribution in [3.05, 3.63) is 48.0 Å². The molecule has 0 amide bonds. The molecule has 0 fully saturated rings. The summed E-state index contributed by atoms with van der Waals surface area (Å²) in [6.07, 6.45) is 12.2. The van der Waals surface area contributed by atoms with E-state index in [2.05, 4.69) is 11.9 Å². The van der Waals surface area contributed by atoms with Gasteiger partial charge in [-0.3, -0.25) is 4.99 Å². The van der Waals surface area contributed by atoms with E-state index in [1.807, 2.05) is 48.7 Å². The summed E-state index contributed by atoms with van der Waals surface area (Å²) in [4.78, 5) is 4.63. The lowest BCUT2D eigenvalue weighted by Crippen LogP contribution is -2.13. The average molecular weight is 528 g/mol. The minimum Gasteiger partial charge on any atom is -0.494 e. The van der Waals surface area contributed by atoms with Crippen molar-refractivity contribution in [3.63, 3.8) is 0 Å². The summed E-state index contributed by atoms with van der Waals surface area (Å²) in [5, 5.41) is 0. The van der Waals surface area contributed by atoms with Crippen molar-refractivity contribution >= 4 is 11.9 Å². The van der Waals surface area contributed by atoms with Gasteiger partial charge in [0.2, 0.25) is 0 Å². The molecule has 2 aromatic carbocycles. The van der Waals surface area contributed by atoms with Gasteiger partial charge >= 0.3 is 0 Å². The molecule has 210 valence electrons. The van der Waals surface area contributed by atoms with Crippen molar-refractivity contribution in [1.82, 2.24) is 0 Å². The molecule has 7 heteroatoms. The lowest BCUT2D eigenvalue weighted by molar-refractivity contribution is 0.00708. The number of hydrogen-bond acceptors (Lipinski definition) is 7. The Bertz CT molecular complexity index is 902. The fourth-order valence-electron chi connectivity index (χ4n) is 4.00. The van der Waals surface area contributed by atoms with Gasteiger partial charge in [-0.1, -0.05) is 51.9 Å². The van der Waals surface area contributed by atoms with E-state index in [-0.39, 0.29) is 0 Å². The predicted octanol–water partition coefficient (Wildman–Crippen LogP) is 6.78. The van der Waals surface area contributed by atoms with Gasteiger partial charge in [0.05, 0.1) is 51.9 Å². The maximum atomic E-state index is 5.93. The van der Waals surface area contributed by atoms with Crippen LogP contribution in [0.4, 0.5) is 5.69 Å². The maximum absolute atomic E-state index is 5.93. The summed E-state index contributed by atoms with van der Waals surface area (Å²) in [6.45, 7) is 6.99. The summed E-state index contributed by atoms with van der Waals surface area (Å²) in [5.74, 6) is 2.20. The van der Waals surface area contributed by atoms with E-state index in [1.165, 1.54) is 44.9 Å². The largest absolute Gasteiger partial charge is 0.494 e. The Morgan fingerprint density at radius 2 is 1.24 bits per heavy atom. The molecule has 1 heterocycles. The third-order valence-electron chi connectivity index (χ3n) is 6.15. The van der Waals surface area contributed by atoms with Crippen molar-refractivity contribution in [1.29, 1.82) is 0 Å². The standard InChI is InChI=1S/C31H45NO6/c1-2-3-4-5-6-7-8-9-16-36-29-13-10-27(11-14-29)26-32-28-12-15-30-31(25-28)38-24-22-35-20-18-33-17-19-34-21-23-37-30/h10-15,25-26H,2-9,16-24H2,1H3. The van der Waals surface area contributed by atoms with Gasteiger partial charge in [0, 0.05) is 12.3 Å². The van der Waals surface area contributed by atoms with Crippen LogP contribution in [0, 0.1) is 0 Å². The average Bonchev–Trinajstić information content (AvgIpc) is 2.95. The molecule has 7 nitrogen and oxygen atoms in total. The third-order valence-corrected chi connectivity index (χ3v) is 6.15. The highest BCUT2D eigenvalue weighted by molar-refractivity contribution is 5.82. The van der Waals surface area contributed by atoms with E-state index in [9.17, 15) is 0 Å². The Labute approximate surface area is 228 Å². The second-order valence-corrected chi connectivity index (χ2v) is 9.32. The third kappa shape index (κ3) is 12.8. The van der Waals surface area contributed by atoms with Crippen LogP contribution < -0.4 is 14.2 Å². The van der Waals surface area contributed by atoms with Crippen LogP contribution in [-0.2, 0) is 14.2 Å². The molecule has 0 saturated carbocycles. The number of aliphatic imine (C=N–C) groups is 1. The Balaban J connectivity index is 1.45. The molecule has 0 aliphatic carbocycles. The number of rotatable bonds is 12. The van der Waals surface area contributed by atoms with Crippen LogP contribution in [0.15, 0.2) is 47.5 Å². The van der Waals surface area contributed by atoms with E-state index in [4.69, 9.17) is 28.4 Å². The van der Waals surface area contributed by atoms with E-state index < -0.39 is 0 Å². The zero-order chi connectivity index (χ0) is 26.5. The second kappa shape index (κ2) is 19.5. The normalized spacial score (nSPS) is 15.6. The molecule has 0 radical (unpaired) electrons. The number of hydrogen-bond donors (Lipinski definition) is 0. The lowest BCUT2D eigenvalue weighted by Gasteiger charge is -2.13. The molecule has 0 N–H and O–H groups in total. The second-order valence-electron chi connectivity index (χ2n) is 9.32. The Kier molecular flexibility index (Phi) is 15.3. The van der Waals surface area contributed by atoms with Crippen molar-refractivity contribution < 1.29 is 28.4 Å². The molecule has 0 unspecified atom stereocenters. The minimum atomic E-state index is 0.417. The van der Waals surface area contributed by atoms with E-state index in [0.29, 0.717) is 64.4 Å². The summed E-state index contributed by atoms with van der Waals surface area (Å²) < 4.78 is 34.2. The SMILES string of the molecule is CCCCCCCCCCOc1ccc(C=Nc2ccc3c(c2)OCCOCCOCCOCCO3)cc1. The maximum Gasteiger partial charge on any atom is 0.163 e. The van der Waals surface area contributed by atoms with Crippen molar-refractivity contribution in [2.24, 2.45) is 4.99 Å². The topological polar surface area (TPSA) is 67.7 Å². The molecule has 1 aliphatic rings. The summed E-state index contributed by atoms with van der Waals surface area (Å²) in [6, 6.07) is 13.7. The lowest BCUT2D eigenvalue weighted by atomic mass is 10.1. The molecule has 0 atom stereocenters. The molecule has 3 rings (SSSR count). The number of unbranched alkanes of at least 4 members (excludes halogenated alkanes) is 7. The molecule has 0 bridgehead atoms. The first kappa shape index (κ1) is 29.9. The molecule has 38 heavy (non-hydrogen) atoms. The van der Waals surface area contributed by atoms with Crippen molar-refractivity contribution in [2.45, 2.75) is 58.3 Å². The number of nitrogens with zero attached hydrogens (tertiary/aromatic N) is 1. The highest BCUT2D eigenvalue weighted by atomic mass is 16.6. The Hall–Kier alpha value is -2.61. The van der Waals surface area contributed by atoms with E-state index >= 15 is 0 Å². The monoisotopic (exact) mass is 527 g/mol. The van der Waals surface area contributed by atoms with Crippen LogP contribution >= 0.6 is 0 Å². The molecular formula is C31H45NO6. The van der Waals surface area contributed by atoms with Crippen LogP contribution in [0.2, 0.25) is 0 Å². The Morgan fingerprint density at radius 3 is 1.89 bits per heavy atom. The number of benzene rings is 2. The minimum absolute atomic E-state index is 0.417. The van der Waals surface area contributed by atoms with Gasteiger partial charge in [0.1, 0.15) is 19.0 Å². The number of ether oxygens (including phenoxy) is 6. The molecular weight excluding hydrogens is 482 g/mol. The first-order valence-corrected chi connectivity index (χ1v) is 14.2. The molecule has 0 aromatic heterocycles. The quantitative estimate of drug-likeness (QED) is 0.224. The summed E-state index contributed by atoms with van der Waals surface area (Å²) in [7, 11) is 0. The van der Waals surface area contributed by atoms with Crippen molar-refractivity contribution in [3.8, 4) is 17.2 Å². The highest BCUT2D eigenvalue weighted by Crippen LogP contribution is 2.32. The van der Waals surface area contributed by atoms with Crippen LogP contribution in [0.3, 0.4) is 0 Å². The number of fused-ring (bicyclic) bond motifs is 1. The van der Waals surface area contributed by atoms with Gasteiger partial charge < -0.3 is 28.4 Å². The highest BCUT2D eigenvalue weighted by Gasteiger charge is 2.08. The van der Waals surface area contributed by atoms with Gasteiger partial charge in [-0.15, -0.1) is 0 Å². The van der Waals surface area contributed by atoms with E-state index in [1.54, 1.807) is 0 Å². The predicted molar refractivity (Wildman–Crippen MR) is 152 cm³/mol. The van der Waals surface area contributed by atoms with Gasteiger partial charge in [0.15, 0.2) is 11.5 Å². The summed E-state index contributed by atoms with van der Waals surface area (Å²) in [5.41, 5.74) is 1.79. The van der Waals surface area contributed by atoms with Crippen LogP contribution in [0.25, 0.3) is 0 Å². The smallest absolute Gasteiger partial charge is 0.163 e. The molecule has 2 aromatic rings. The van der Waals surface area contributed by atoms with Crippen LogP contribution in [-0.4, -0.2) is 65.7 Å². The van der Waals surface area contributed by atoms with Gasteiger partial charge in [-0.25, -0.2) is 0 Å². The molecule has 0 spiro atoms. The molecule has 1 aliphatic heterocycles. The van der Waals surface area contributed by atoms with Crippen molar-refractivity contribution in [2.75, 3.05) is 59.5 Å². The fourth-order valence-corrected chi connectivity index (χ4v) is 4.00. The van der Waals surface area contributed by atoms with Gasteiger partial charge in [-0.2, -0.15) is 0 Å². The summed E-state index contributed by atoms with van der Waals surface area (Å²) >= 11 is 0. The Morgan fingerprint density at radius 1 is 0.658 bits per heavy atom. The first-order chi connectivity index (χ1) is 18.8. The zero-order valence-electron chi connectivity index (χ0n) is 23.0. The molecule has 0 saturated heterocycles. The fraction of sp³-hybridized carbons (Fsp3) is 0.581.